The second-order valence-corrected chi connectivity index (χ2v) is 29.1. The van der Waals surface area contributed by atoms with Crippen molar-refractivity contribution >= 4 is 39.5 Å². The Hall–Kier alpha value is -5.06. The molecule has 0 spiro atoms. The molecular formula is C85H142O17P2. The number of allylic oxidation sites excluding steroid dienone is 24. The predicted molar refractivity (Wildman–Crippen MR) is 427 cm³/mol. The molecule has 5 unspecified atom stereocenters. The number of aliphatic hydroxyl groups is 1. The fourth-order valence-electron chi connectivity index (χ4n) is 10.3. The van der Waals surface area contributed by atoms with Gasteiger partial charge in [0.2, 0.25) is 0 Å². The van der Waals surface area contributed by atoms with Gasteiger partial charge in [-0.15, -0.1) is 0 Å². The average Bonchev–Trinajstić information content (AvgIpc) is 0.926. The van der Waals surface area contributed by atoms with Gasteiger partial charge in [-0.05, 0) is 161 Å². The Balaban J connectivity index is 5.44. The van der Waals surface area contributed by atoms with Crippen molar-refractivity contribution in [2.45, 2.75) is 329 Å². The van der Waals surface area contributed by atoms with Crippen LogP contribution in [0.15, 0.2) is 146 Å². The van der Waals surface area contributed by atoms with Crippen LogP contribution in [0.5, 0.6) is 0 Å². The SMILES string of the molecule is CC/C=C\C/C=C\C/C=C\C/C=C\CCCCCCC(=O)OCC(COP(=O)(O)OCC(O)COP(=O)(O)OCC(COC(=O)CCCC/C=C\C/C=C\C/C=C\C/C=C\CC)OC(=O)CCCCCCC/C=C\CCCCCCCC)OC(=O)CCCCCCCCC/C=C\C/C=C\C/C=C\CC. The van der Waals surface area contributed by atoms with Gasteiger partial charge < -0.3 is 33.8 Å². The summed E-state index contributed by atoms with van der Waals surface area (Å²) >= 11 is 0. The Morgan fingerprint density at radius 3 is 0.798 bits per heavy atom. The molecule has 0 aliphatic carbocycles. The zero-order valence-electron chi connectivity index (χ0n) is 64.9. The summed E-state index contributed by atoms with van der Waals surface area (Å²) in [5.74, 6) is -2.27. The van der Waals surface area contributed by atoms with Gasteiger partial charge >= 0.3 is 39.5 Å². The van der Waals surface area contributed by atoms with E-state index in [1.807, 2.05) is 0 Å². The number of unbranched alkanes of at least 4 members (excludes halogenated alkanes) is 24. The van der Waals surface area contributed by atoms with Crippen LogP contribution in [-0.4, -0.2) is 96.7 Å². The van der Waals surface area contributed by atoms with E-state index >= 15 is 0 Å². The number of aliphatic hydroxyl groups excluding tert-OH is 1. The monoisotopic (exact) mass is 1500 g/mol. The Bertz CT molecular complexity index is 2540. The molecule has 104 heavy (non-hydrogen) atoms. The first-order valence-electron chi connectivity index (χ1n) is 40.1. The molecule has 0 bridgehead atoms. The van der Waals surface area contributed by atoms with E-state index in [4.69, 9.17) is 37.0 Å². The minimum absolute atomic E-state index is 0.0723. The fourth-order valence-corrected chi connectivity index (χ4v) is 11.8. The smallest absolute Gasteiger partial charge is 0.462 e. The third-order valence-electron chi connectivity index (χ3n) is 16.3. The highest BCUT2D eigenvalue weighted by Gasteiger charge is 2.30. The Morgan fingerprint density at radius 2 is 0.500 bits per heavy atom. The molecule has 0 rings (SSSR count). The Kier molecular flexibility index (Phi) is 72.4. The van der Waals surface area contributed by atoms with Gasteiger partial charge in [0.1, 0.15) is 19.3 Å². The molecule has 0 saturated heterocycles. The summed E-state index contributed by atoms with van der Waals surface area (Å²) in [6.45, 7) is 4.45. The minimum Gasteiger partial charge on any atom is -0.462 e. The number of carbonyl (C=O) groups excluding carboxylic acids is 4. The molecule has 0 aromatic rings. The Labute approximate surface area is 630 Å². The highest BCUT2D eigenvalue weighted by atomic mass is 31.2. The maximum Gasteiger partial charge on any atom is 0.472 e. The van der Waals surface area contributed by atoms with Gasteiger partial charge in [0.25, 0.3) is 0 Å². The number of esters is 4. The van der Waals surface area contributed by atoms with Crippen LogP contribution < -0.4 is 0 Å². The van der Waals surface area contributed by atoms with Crippen molar-refractivity contribution in [2.75, 3.05) is 39.6 Å². The molecule has 5 atom stereocenters. The van der Waals surface area contributed by atoms with Gasteiger partial charge in [-0.3, -0.25) is 37.3 Å². The fraction of sp³-hybridized carbons (Fsp3) is 0.671. The lowest BCUT2D eigenvalue weighted by molar-refractivity contribution is -0.161. The van der Waals surface area contributed by atoms with E-state index < -0.39 is 97.5 Å². The van der Waals surface area contributed by atoms with Crippen LogP contribution >= 0.6 is 15.6 Å². The van der Waals surface area contributed by atoms with E-state index in [1.54, 1.807) is 0 Å². The third kappa shape index (κ3) is 75.2. The third-order valence-corrected chi connectivity index (χ3v) is 18.2. The minimum atomic E-state index is -4.99. The van der Waals surface area contributed by atoms with Crippen LogP contribution in [0, 0.1) is 0 Å². The molecule has 0 heterocycles. The first kappa shape index (κ1) is 98.9. The van der Waals surface area contributed by atoms with E-state index in [2.05, 4.69) is 174 Å². The summed E-state index contributed by atoms with van der Waals surface area (Å²) in [4.78, 5) is 73.1. The lowest BCUT2D eigenvalue weighted by Crippen LogP contribution is -2.30. The number of rotatable bonds is 74. The number of phosphoric acid groups is 2. The molecule has 19 heteroatoms. The normalized spacial score (nSPS) is 14.6. The van der Waals surface area contributed by atoms with Crippen LogP contribution in [-0.2, 0) is 65.4 Å². The summed E-state index contributed by atoms with van der Waals surface area (Å²) in [5.41, 5.74) is 0. The maximum absolute atomic E-state index is 13.1. The van der Waals surface area contributed by atoms with E-state index in [1.165, 1.54) is 38.5 Å². The topological polar surface area (TPSA) is 237 Å². The van der Waals surface area contributed by atoms with E-state index in [9.17, 15) is 43.2 Å². The molecule has 0 aliphatic heterocycles. The van der Waals surface area contributed by atoms with Gasteiger partial charge in [0, 0.05) is 25.7 Å². The van der Waals surface area contributed by atoms with Crippen molar-refractivity contribution < 1.29 is 80.2 Å². The van der Waals surface area contributed by atoms with E-state index in [0.717, 1.165) is 193 Å². The van der Waals surface area contributed by atoms with E-state index in [-0.39, 0.29) is 25.7 Å². The van der Waals surface area contributed by atoms with Crippen LogP contribution in [0.1, 0.15) is 310 Å². The van der Waals surface area contributed by atoms with Crippen molar-refractivity contribution in [1.82, 2.24) is 0 Å². The first-order chi connectivity index (χ1) is 50.7. The lowest BCUT2D eigenvalue weighted by Gasteiger charge is -2.21. The van der Waals surface area contributed by atoms with Crippen molar-refractivity contribution in [3.05, 3.63) is 146 Å². The maximum atomic E-state index is 13.1. The van der Waals surface area contributed by atoms with Gasteiger partial charge in [-0.2, -0.15) is 0 Å². The summed E-state index contributed by atoms with van der Waals surface area (Å²) in [5, 5.41) is 10.6. The second kappa shape index (κ2) is 76.1. The zero-order chi connectivity index (χ0) is 76.0. The predicted octanol–water partition coefficient (Wildman–Crippen LogP) is 23.4. The number of ether oxygens (including phenoxy) is 4. The molecule has 0 fully saturated rings. The van der Waals surface area contributed by atoms with Crippen molar-refractivity contribution in [3.63, 3.8) is 0 Å². The largest absolute Gasteiger partial charge is 0.472 e. The van der Waals surface area contributed by atoms with E-state index in [0.29, 0.717) is 25.7 Å². The zero-order valence-corrected chi connectivity index (χ0v) is 66.7. The van der Waals surface area contributed by atoms with Crippen LogP contribution in [0.2, 0.25) is 0 Å². The lowest BCUT2D eigenvalue weighted by atomic mass is 10.1. The summed E-state index contributed by atoms with van der Waals surface area (Å²) in [6, 6.07) is 0. The standard InChI is InChI=1S/C85H142O17P2/c1-5-9-13-17-21-25-29-33-37-39-43-46-50-54-58-62-66-70-83(88)96-76-81(102-85(90)72-68-64-60-56-52-48-44-40-38-34-30-26-22-18-14-10-6-2)78-100-104(93,94)98-74-79(86)73-97-103(91,92)99-77-80(101-84(89)71-67-63-59-55-51-47-42-36-32-28-24-20-16-12-8-4)75-95-82(87)69-65-61-57-53-49-45-41-35-31-27-23-19-15-11-7-3/h9-11,13-15,21-23,25-27,33-38,41-43,46,49,53,79-81,86H,5-8,12,16-20,24,28-32,39-40,44-45,47-48,50-52,54-78H2,1-4H3,(H,91,92)(H,93,94)/b13-9-,14-10-,15-11-,25-21-,26-22-,27-23-,37-33-,38-34-,41-35-,42-36-,46-43-,53-49-. The average molecular weight is 1500 g/mol. The molecule has 3 N–H and O–H groups in total. The molecule has 17 nitrogen and oxygen atoms in total. The molecule has 0 radical (unpaired) electrons. The highest BCUT2D eigenvalue weighted by Crippen LogP contribution is 2.45. The Morgan fingerprint density at radius 1 is 0.279 bits per heavy atom. The van der Waals surface area contributed by atoms with Gasteiger partial charge in [0.05, 0.1) is 26.4 Å². The number of carbonyl (C=O) groups is 4. The number of hydrogen-bond acceptors (Lipinski definition) is 15. The van der Waals surface area contributed by atoms with Gasteiger partial charge in [0.15, 0.2) is 12.2 Å². The number of hydrogen-bond donors (Lipinski definition) is 3. The first-order valence-corrected chi connectivity index (χ1v) is 43.1. The van der Waals surface area contributed by atoms with Gasteiger partial charge in [-0.1, -0.05) is 270 Å². The molecule has 0 amide bonds. The molecule has 594 valence electrons. The van der Waals surface area contributed by atoms with Crippen LogP contribution in [0.3, 0.4) is 0 Å². The van der Waals surface area contributed by atoms with Crippen LogP contribution in [0.25, 0.3) is 0 Å². The van der Waals surface area contributed by atoms with Crippen molar-refractivity contribution in [1.29, 1.82) is 0 Å². The van der Waals surface area contributed by atoms with Gasteiger partial charge in [-0.25, -0.2) is 9.13 Å². The molecule has 0 aromatic carbocycles. The molecule has 0 aliphatic rings. The van der Waals surface area contributed by atoms with Crippen molar-refractivity contribution in [2.24, 2.45) is 0 Å². The van der Waals surface area contributed by atoms with Crippen molar-refractivity contribution in [3.8, 4) is 0 Å². The quantitative estimate of drug-likeness (QED) is 0.0169. The number of phosphoric ester groups is 2. The summed E-state index contributed by atoms with van der Waals surface area (Å²) in [7, 11) is -9.99. The van der Waals surface area contributed by atoms with Crippen LogP contribution in [0.4, 0.5) is 0 Å². The molecule has 0 aromatic heterocycles. The second-order valence-electron chi connectivity index (χ2n) is 26.2. The molecular weight excluding hydrogens is 1350 g/mol. The summed E-state index contributed by atoms with van der Waals surface area (Å²) in [6.07, 6.45) is 86.8. The molecule has 0 saturated carbocycles. The summed E-state index contributed by atoms with van der Waals surface area (Å²) < 4.78 is 68.6. The highest BCUT2D eigenvalue weighted by molar-refractivity contribution is 7.47.